The number of benzene rings is 1. The van der Waals surface area contributed by atoms with E-state index in [1.807, 2.05) is 13.8 Å². The van der Waals surface area contributed by atoms with Crippen LogP contribution < -0.4 is 10.6 Å². The number of carbonyl (C=O) groups is 1. The normalized spacial score (nSPS) is 12.6. The zero-order valence-corrected chi connectivity index (χ0v) is 12.9. The summed E-state index contributed by atoms with van der Waals surface area (Å²) < 4.78 is 0. The van der Waals surface area contributed by atoms with E-state index >= 15 is 0 Å². The first-order chi connectivity index (χ1) is 8.81. The molecule has 1 aromatic carbocycles. The minimum Gasteiger partial charge on any atom is -0.324 e. The standard InChI is InChI=1S/C16H26N2O/c1-10(2)14(6)17-9-15(19)18-16-12(4)7-11(3)8-13(16)5/h7-8,10,14,17H,9H2,1-6H3,(H,18,19). The molecule has 0 radical (unpaired) electrons. The smallest absolute Gasteiger partial charge is 0.238 e. The molecule has 0 heterocycles. The minimum absolute atomic E-state index is 0.0163. The second-order valence-electron chi connectivity index (χ2n) is 5.74. The zero-order valence-electron chi connectivity index (χ0n) is 12.9. The molecule has 3 nitrogen and oxygen atoms in total. The van der Waals surface area contributed by atoms with Gasteiger partial charge in [-0.3, -0.25) is 4.79 Å². The van der Waals surface area contributed by atoms with Crippen LogP contribution in [0.25, 0.3) is 0 Å². The third-order valence-corrected chi connectivity index (χ3v) is 3.53. The van der Waals surface area contributed by atoms with E-state index in [-0.39, 0.29) is 5.91 Å². The molecular weight excluding hydrogens is 236 g/mol. The predicted molar refractivity (Wildman–Crippen MR) is 81.6 cm³/mol. The highest BCUT2D eigenvalue weighted by atomic mass is 16.1. The number of hydrogen-bond acceptors (Lipinski definition) is 2. The summed E-state index contributed by atoms with van der Waals surface area (Å²) >= 11 is 0. The van der Waals surface area contributed by atoms with Crippen molar-refractivity contribution in [1.29, 1.82) is 0 Å². The molecule has 0 saturated heterocycles. The Labute approximate surface area is 116 Å². The van der Waals surface area contributed by atoms with E-state index in [4.69, 9.17) is 0 Å². The molecule has 0 fully saturated rings. The van der Waals surface area contributed by atoms with Crippen molar-refractivity contribution in [3.05, 3.63) is 28.8 Å². The molecule has 1 atom stereocenters. The van der Waals surface area contributed by atoms with Crippen molar-refractivity contribution in [3.8, 4) is 0 Å². The Morgan fingerprint density at radius 2 is 1.63 bits per heavy atom. The Kier molecular flexibility index (Phi) is 5.55. The SMILES string of the molecule is Cc1cc(C)c(NC(=O)CNC(C)C(C)C)c(C)c1. The molecule has 0 saturated carbocycles. The summed E-state index contributed by atoms with van der Waals surface area (Å²) in [6.07, 6.45) is 0. The predicted octanol–water partition coefficient (Wildman–Crippen LogP) is 3.18. The van der Waals surface area contributed by atoms with Gasteiger partial charge in [0, 0.05) is 11.7 Å². The van der Waals surface area contributed by atoms with Crippen LogP contribution >= 0.6 is 0 Å². The summed E-state index contributed by atoms with van der Waals surface area (Å²) in [6.45, 7) is 12.9. The average molecular weight is 262 g/mol. The number of anilines is 1. The molecule has 1 unspecified atom stereocenters. The lowest BCUT2D eigenvalue weighted by atomic mass is 10.0. The van der Waals surface area contributed by atoms with Gasteiger partial charge < -0.3 is 10.6 Å². The summed E-state index contributed by atoms with van der Waals surface area (Å²) in [7, 11) is 0. The van der Waals surface area contributed by atoms with E-state index in [9.17, 15) is 4.79 Å². The monoisotopic (exact) mass is 262 g/mol. The lowest BCUT2D eigenvalue weighted by Crippen LogP contribution is -2.37. The van der Waals surface area contributed by atoms with Gasteiger partial charge in [-0.15, -0.1) is 0 Å². The Morgan fingerprint density at radius 1 is 1.11 bits per heavy atom. The fraction of sp³-hybridized carbons (Fsp3) is 0.562. The van der Waals surface area contributed by atoms with Crippen LogP contribution in [0.15, 0.2) is 12.1 Å². The topological polar surface area (TPSA) is 41.1 Å². The molecule has 0 aliphatic rings. The van der Waals surface area contributed by atoms with Gasteiger partial charge in [0.1, 0.15) is 0 Å². The molecule has 0 aliphatic carbocycles. The van der Waals surface area contributed by atoms with Crippen molar-refractivity contribution in [1.82, 2.24) is 5.32 Å². The molecule has 0 aromatic heterocycles. The largest absolute Gasteiger partial charge is 0.324 e. The van der Waals surface area contributed by atoms with Gasteiger partial charge in [-0.2, -0.15) is 0 Å². The van der Waals surface area contributed by atoms with E-state index in [0.29, 0.717) is 18.5 Å². The van der Waals surface area contributed by atoms with Crippen LogP contribution in [0.1, 0.15) is 37.5 Å². The molecule has 19 heavy (non-hydrogen) atoms. The van der Waals surface area contributed by atoms with Crippen molar-refractivity contribution in [2.75, 3.05) is 11.9 Å². The highest BCUT2D eigenvalue weighted by Crippen LogP contribution is 2.21. The summed E-state index contributed by atoms with van der Waals surface area (Å²) in [4.78, 5) is 12.0. The van der Waals surface area contributed by atoms with Gasteiger partial charge >= 0.3 is 0 Å². The molecule has 106 valence electrons. The average Bonchev–Trinajstić information content (AvgIpc) is 2.30. The van der Waals surface area contributed by atoms with Crippen molar-refractivity contribution < 1.29 is 4.79 Å². The van der Waals surface area contributed by atoms with Crippen molar-refractivity contribution in [3.63, 3.8) is 0 Å². The number of rotatable bonds is 5. The van der Waals surface area contributed by atoms with Crippen LogP contribution in [0.5, 0.6) is 0 Å². The Balaban J connectivity index is 2.63. The molecular formula is C16H26N2O. The lowest BCUT2D eigenvalue weighted by molar-refractivity contribution is -0.115. The van der Waals surface area contributed by atoms with Gasteiger partial charge in [0.2, 0.25) is 5.91 Å². The molecule has 1 aromatic rings. The number of hydrogen-bond donors (Lipinski definition) is 2. The van der Waals surface area contributed by atoms with Crippen LogP contribution in [0.2, 0.25) is 0 Å². The lowest BCUT2D eigenvalue weighted by Gasteiger charge is -2.18. The van der Waals surface area contributed by atoms with Crippen LogP contribution in [0.4, 0.5) is 5.69 Å². The van der Waals surface area contributed by atoms with Gasteiger partial charge in [-0.05, 0) is 44.7 Å². The third-order valence-electron chi connectivity index (χ3n) is 3.53. The van der Waals surface area contributed by atoms with Crippen LogP contribution in [0.3, 0.4) is 0 Å². The maximum Gasteiger partial charge on any atom is 0.238 e. The molecule has 2 N–H and O–H groups in total. The van der Waals surface area contributed by atoms with Crippen molar-refractivity contribution in [2.45, 2.75) is 47.6 Å². The van der Waals surface area contributed by atoms with Gasteiger partial charge in [-0.25, -0.2) is 0 Å². The second kappa shape index (κ2) is 6.71. The Hall–Kier alpha value is -1.35. The van der Waals surface area contributed by atoms with Gasteiger partial charge in [0.15, 0.2) is 0 Å². The van der Waals surface area contributed by atoms with E-state index in [1.165, 1.54) is 5.56 Å². The first-order valence-corrected chi connectivity index (χ1v) is 6.92. The third kappa shape index (κ3) is 4.67. The van der Waals surface area contributed by atoms with E-state index in [0.717, 1.165) is 16.8 Å². The summed E-state index contributed by atoms with van der Waals surface area (Å²) in [6, 6.07) is 4.52. The van der Waals surface area contributed by atoms with Crippen LogP contribution in [-0.4, -0.2) is 18.5 Å². The molecule has 0 spiro atoms. The fourth-order valence-corrected chi connectivity index (χ4v) is 2.05. The molecule has 1 rings (SSSR count). The summed E-state index contributed by atoms with van der Waals surface area (Å²) in [5.41, 5.74) is 4.39. The Morgan fingerprint density at radius 3 is 2.11 bits per heavy atom. The van der Waals surface area contributed by atoms with Crippen LogP contribution in [-0.2, 0) is 4.79 Å². The maximum absolute atomic E-state index is 12.0. The first kappa shape index (κ1) is 15.7. The highest BCUT2D eigenvalue weighted by Gasteiger charge is 2.11. The van der Waals surface area contributed by atoms with Gasteiger partial charge in [0.25, 0.3) is 0 Å². The molecule has 3 heteroatoms. The minimum atomic E-state index is 0.0163. The summed E-state index contributed by atoms with van der Waals surface area (Å²) in [5.74, 6) is 0.540. The summed E-state index contributed by atoms with van der Waals surface area (Å²) in [5, 5.41) is 6.24. The molecule has 0 bridgehead atoms. The zero-order chi connectivity index (χ0) is 14.6. The quantitative estimate of drug-likeness (QED) is 0.855. The van der Waals surface area contributed by atoms with E-state index in [2.05, 4.69) is 50.5 Å². The number of nitrogens with one attached hydrogen (secondary N) is 2. The first-order valence-electron chi connectivity index (χ1n) is 6.92. The molecule has 1 amide bonds. The maximum atomic E-state index is 12.0. The van der Waals surface area contributed by atoms with Crippen LogP contribution in [0, 0.1) is 26.7 Å². The second-order valence-corrected chi connectivity index (χ2v) is 5.74. The fourth-order valence-electron chi connectivity index (χ4n) is 2.05. The molecule has 0 aliphatic heterocycles. The number of amides is 1. The van der Waals surface area contributed by atoms with E-state index < -0.39 is 0 Å². The number of aryl methyl sites for hydroxylation is 3. The van der Waals surface area contributed by atoms with E-state index in [1.54, 1.807) is 0 Å². The highest BCUT2D eigenvalue weighted by molar-refractivity contribution is 5.93. The Bertz CT molecular complexity index is 429. The van der Waals surface area contributed by atoms with Crippen molar-refractivity contribution >= 4 is 11.6 Å². The number of carbonyl (C=O) groups excluding carboxylic acids is 1. The van der Waals surface area contributed by atoms with Crippen molar-refractivity contribution in [2.24, 2.45) is 5.92 Å². The van der Waals surface area contributed by atoms with Gasteiger partial charge in [-0.1, -0.05) is 31.5 Å². The van der Waals surface area contributed by atoms with Gasteiger partial charge in [0.05, 0.1) is 6.54 Å².